The van der Waals surface area contributed by atoms with Crippen LogP contribution in [0.1, 0.15) is 23.2 Å². The first-order chi connectivity index (χ1) is 8.49. The molecule has 0 saturated heterocycles. The van der Waals surface area contributed by atoms with Crippen molar-refractivity contribution in [2.24, 2.45) is 5.92 Å². The summed E-state index contributed by atoms with van der Waals surface area (Å²) >= 11 is 0. The highest BCUT2D eigenvalue weighted by Crippen LogP contribution is 2.31. The second-order valence-electron chi connectivity index (χ2n) is 4.81. The molecule has 0 aromatic heterocycles. The summed E-state index contributed by atoms with van der Waals surface area (Å²) in [5.74, 6) is -1.37. The molecule has 0 bridgehead atoms. The van der Waals surface area contributed by atoms with Crippen molar-refractivity contribution in [3.05, 3.63) is 29.6 Å². The van der Waals surface area contributed by atoms with E-state index in [0.717, 1.165) is 0 Å². The van der Waals surface area contributed by atoms with Gasteiger partial charge in [0, 0.05) is 13.6 Å². The van der Waals surface area contributed by atoms with Gasteiger partial charge in [0.15, 0.2) is 0 Å². The number of carbonyl (C=O) groups is 1. The van der Waals surface area contributed by atoms with E-state index < -0.39 is 11.8 Å². The lowest BCUT2D eigenvalue weighted by Gasteiger charge is -2.35. The monoisotopic (exact) mass is 253 g/mol. The summed E-state index contributed by atoms with van der Waals surface area (Å²) in [5.41, 5.74) is 0.0868. The lowest BCUT2D eigenvalue weighted by Crippen LogP contribution is -2.37. The maximum atomic E-state index is 13.8. The Hall–Kier alpha value is -1.62. The number of carboxylic acid groups (broad SMARTS) is 1. The number of anilines is 1. The van der Waals surface area contributed by atoms with Crippen molar-refractivity contribution in [2.45, 2.75) is 18.9 Å². The summed E-state index contributed by atoms with van der Waals surface area (Å²) < 4.78 is 13.8. The fraction of sp³-hybridized carbons (Fsp3) is 0.462. The molecule has 1 aromatic carbocycles. The molecule has 1 aliphatic carbocycles. The van der Waals surface area contributed by atoms with Crippen molar-refractivity contribution < 1.29 is 19.4 Å². The standard InChI is InChI=1S/C13H16FNO3/c1-15(7-8-5-9(16)6-8)12-10(13(17)18)3-2-4-11(12)14/h2-4,8-9,16H,5-7H2,1H3,(H,17,18). The molecule has 5 heteroatoms. The zero-order chi connectivity index (χ0) is 13.3. The highest BCUT2D eigenvalue weighted by molar-refractivity contribution is 5.94. The molecule has 0 amide bonds. The maximum absolute atomic E-state index is 13.8. The van der Waals surface area contributed by atoms with Crippen molar-refractivity contribution in [2.75, 3.05) is 18.5 Å². The van der Waals surface area contributed by atoms with Crippen LogP contribution in [0.2, 0.25) is 0 Å². The molecule has 0 spiro atoms. The van der Waals surface area contributed by atoms with Crippen LogP contribution in [0, 0.1) is 11.7 Å². The Morgan fingerprint density at radius 3 is 2.72 bits per heavy atom. The Bertz CT molecular complexity index is 458. The van der Waals surface area contributed by atoms with Gasteiger partial charge in [-0.3, -0.25) is 0 Å². The van der Waals surface area contributed by atoms with Crippen LogP contribution in [-0.2, 0) is 0 Å². The third kappa shape index (κ3) is 2.46. The van der Waals surface area contributed by atoms with Gasteiger partial charge in [0.2, 0.25) is 0 Å². The van der Waals surface area contributed by atoms with E-state index >= 15 is 0 Å². The minimum Gasteiger partial charge on any atom is -0.478 e. The zero-order valence-electron chi connectivity index (χ0n) is 10.1. The van der Waals surface area contributed by atoms with Crippen molar-refractivity contribution in [3.8, 4) is 0 Å². The first-order valence-corrected chi connectivity index (χ1v) is 5.90. The minimum absolute atomic E-state index is 0.0302. The number of aromatic carboxylic acids is 1. The van der Waals surface area contributed by atoms with Gasteiger partial charge in [-0.15, -0.1) is 0 Å². The van der Waals surface area contributed by atoms with E-state index in [9.17, 15) is 14.3 Å². The fourth-order valence-electron chi connectivity index (χ4n) is 2.40. The molecule has 0 heterocycles. The number of rotatable bonds is 4. The lowest BCUT2D eigenvalue weighted by molar-refractivity contribution is 0.0463. The third-order valence-electron chi connectivity index (χ3n) is 3.34. The number of benzene rings is 1. The molecule has 1 fully saturated rings. The average molecular weight is 253 g/mol. The Morgan fingerprint density at radius 2 is 2.17 bits per heavy atom. The Balaban J connectivity index is 2.18. The molecule has 2 rings (SSSR count). The van der Waals surface area contributed by atoms with Crippen LogP contribution >= 0.6 is 0 Å². The van der Waals surface area contributed by atoms with Gasteiger partial charge < -0.3 is 15.1 Å². The maximum Gasteiger partial charge on any atom is 0.337 e. The number of hydrogen-bond acceptors (Lipinski definition) is 3. The first kappa shape index (κ1) is 12.8. The summed E-state index contributed by atoms with van der Waals surface area (Å²) in [4.78, 5) is 12.7. The first-order valence-electron chi connectivity index (χ1n) is 5.90. The summed E-state index contributed by atoms with van der Waals surface area (Å²) in [7, 11) is 1.68. The summed E-state index contributed by atoms with van der Waals surface area (Å²) in [6.07, 6.45) is 1.13. The van der Waals surface area contributed by atoms with E-state index in [1.54, 1.807) is 11.9 Å². The molecule has 1 aliphatic rings. The largest absolute Gasteiger partial charge is 0.478 e. The molecule has 0 atom stereocenters. The van der Waals surface area contributed by atoms with E-state index in [2.05, 4.69) is 0 Å². The molecule has 98 valence electrons. The van der Waals surface area contributed by atoms with Crippen LogP contribution in [0.25, 0.3) is 0 Å². The second kappa shape index (κ2) is 4.94. The van der Waals surface area contributed by atoms with Gasteiger partial charge >= 0.3 is 5.97 Å². The van der Waals surface area contributed by atoms with Gasteiger partial charge in [-0.2, -0.15) is 0 Å². The van der Waals surface area contributed by atoms with Crippen molar-refractivity contribution in [3.63, 3.8) is 0 Å². The van der Waals surface area contributed by atoms with E-state index in [1.165, 1.54) is 18.2 Å². The summed E-state index contributed by atoms with van der Waals surface area (Å²) in [6, 6.07) is 4.05. The van der Waals surface area contributed by atoms with Crippen LogP contribution in [0.3, 0.4) is 0 Å². The number of halogens is 1. The molecule has 0 radical (unpaired) electrons. The van der Waals surface area contributed by atoms with Gasteiger partial charge in [0.1, 0.15) is 5.82 Å². The number of carboxylic acids is 1. The Kier molecular flexibility index (Phi) is 3.52. The number of nitrogens with zero attached hydrogens (tertiary/aromatic N) is 1. The van der Waals surface area contributed by atoms with E-state index in [-0.39, 0.29) is 17.4 Å². The molecular weight excluding hydrogens is 237 g/mol. The van der Waals surface area contributed by atoms with Crippen LogP contribution in [-0.4, -0.2) is 35.9 Å². The van der Waals surface area contributed by atoms with Crippen LogP contribution in [0.5, 0.6) is 0 Å². The number of hydrogen-bond donors (Lipinski definition) is 2. The Morgan fingerprint density at radius 1 is 1.50 bits per heavy atom. The third-order valence-corrected chi connectivity index (χ3v) is 3.34. The molecule has 2 N–H and O–H groups in total. The van der Waals surface area contributed by atoms with Crippen LogP contribution in [0.15, 0.2) is 18.2 Å². The average Bonchev–Trinajstić information content (AvgIpc) is 2.26. The molecule has 0 unspecified atom stereocenters. The van der Waals surface area contributed by atoms with Gasteiger partial charge in [0.25, 0.3) is 0 Å². The van der Waals surface area contributed by atoms with Crippen LogP contribution in [0.4, 0.5) is 10.1 Å². The quantitative estimate of drug-likeness (QED) is 0.858. The topological polar surface area (TPSA) is 60.8 Å². The van der Waals surface area contributed by atoms with E-state index in [1.807, 2.05) is 0 Å². The lowest BCUT2D eigenvalue weighted by atomic mass is 9.82. The SMILES string of the molecule is CN(CC1CC(O)C1)c1c(F)cccc1C(=O)O. The fourth-order valence-corrected chi connectivity index (χ4v) is 2.40. The van der Waals surface area contributed by atoms with Gasteiger partial charge in [-0.05, 0) is 30.9 Å². The Labute approximate surface area is 105 Å². The molecular formula is C13H16FNO3. The van der Waals surface area contributed by atoms with Gasteiger partial charge in [0.05, 0.1) is 17.4 Å². The molecule has 0 aliphatic heterocycles. The predicted molar refractivity (Wildman–Crippen MR) is 65.4 cm³/mol. The van der Waals surface area contributed by atoms with Crippen molar-refractivity contribution in [1.82, 2.24) is 0 Å². The second-order valence-corrected chi connectivity index (χ2v) is 4.81. The van der Waals surface area contributed by atoms with Crippen LogP contribution < -0.4 is 4.90 Å². The smallest absolute Gasteiger partial charge is 0.337 e. The molecule has 1 saturated carbocycles. The normalized spacial score (nSPS) is 22.4. The highest BCUT2D eigenvalue weighted by Gasteiger charge is 2.29. The molecule has 18 heavy (non-hydrogen) atoms. The summed E-state index contributed by atoms with van der Waals surface area (Å²) in [6.45, 7) is 0.554. The number of para-hydroxylation sites is 1. The van der Waals surface area contributed by atoms with E-state index in [4.69, 9.17) is 5.11 Å². The van der Waals surface area contributed by atoms with Gasteiger partial charge in [-0.1, -0.05) is 6.07 Å². The number of aliphatic hydroxyl groups excluding tert-OH is 1. The highest BCUT2D eigenvalue weighted by atomic mass is 19.1. The van der Waals surface area contributed by atoms with E-state index in [0.29, 0.717) is 25.3 Å². The zero-order valence-corrected chi connectivity index (χ0v) is 10.1. The number of aliphatic hydroxyl groups is 1. The van der Waals surface area contributed by atoms with Crippen molar-refractivity contribution >= 4 is 11.7 Å². The summed E-state index contributed by atoms with van der Waals surface area (Å²) in [5, 5.41) is 18.3. The predicted octanol–water partition coefficient (Wildman–Crippen LogP) is 1.73. The minimum atomic E-state index is -1.13. The van der Waals surface area contributed by atoms with Gasteiger partial charge in [-0.25, -0.2) is 9.18 Å². The molecule has 4 nitrogen and oxygen atoms in total. The van der Waals surface area contributed by atoms with Crippen molar-refractivity contribution in [1.29, 1.82) is 0 Å². The molecule has 1 aromatic rings.